The molecule has 0 bridgehead atoms. The molecule has 0 atom stereocenters. The summed E-state index contributed by atoms with van der Waals surface area (Å²) < 4.78 is 5.54. The van der Waals surface area contributed by atoms with E-state index >= 15 is 0 Å². The minimum atomic E-state index is -0.252. The van der Waals surface area contributed by atoms with Crippen LogP contribution in [0.1, 0.15) is 23.6 Å². The summed E-state index contributed by atoms with van der Waals surface area (Å²) in [6, 6.07) is 13.2. The smallest absolute Gasteiger partial charge is 0.246 e. The van der Waals surface area contributed by atoms with Crippen LogP contribution in [0.2, 0.25) is 0 Å². The van der Waals surface area contributed by atoms with Crippen molar-refractivity contribution in [3.63, 3.8) is 0 Å². The molecular formula is C22H26N2O3. The highest BCUT2D eigenvalue weighted by atomic mass is 16.5. The zero-order chi connectivity index (χ0) is 19.8. The number of amides is 2. The van der Waals surface area contributed by atoms with E-state index in [1.807, 2.05) is 63.2 Å². The molecule has 1 N–H and O–H groups in total. The monoisotopic (exact) mass is 366 g/mol. The number of nitrogens with zero attached hydrogens (tertiary/aromatic N) is 1. The normalized spacial score (nSPS) is 10.7. The number of rotatable bonds is 7. The van der Waals surface area contributed by atoms with Crippen LogP contribution < -0.4 is 10.1 Å². The van der Waals surface area contributed by atoms with Gasteiger partial charge in [-0.1, -0.05) is 30.3 Å². The van der Waals surface area contributed by atoms with Gasteiger partial charge in [-0.3, -0.25) is 9.59 Å². The van der Waals surface area contributed by atoms with Crippen molar-refractivity contribution in [2.24, 2.45) is 0 Å². The molecule has 0 aliphatic heterocycles. The fourth-order valence-corrected chi connectivity index (χ4v) is 2.56. The molecule has 2 rings (SSSR count). The van der Waals surface area contributed by atoms with Crippen molar-refractivity contribution in [1.29, 1.82) is 0 Å². The van der Waals surface area contributed by atoms with Gasteiger partial charge in [-0.25, -0.2) is 0 Å². The van der Waals surface area contributed by atoms with Crippen molar-refractivity contribution >= 4 is 23.6 Å². The van der Waals surface area contributed by atoms with Gasteiger partial charge in [-0.15, -0.1) is 0 Å². The van der Waals surface area contributed by atoms with Gasteiger partial charge in [0.1, 0.15) is 5.75 Å². The Balaban J connectivity index is 1.97. The van der Waals surface area contributed by atoms with Crippen molar-refractivity contribution in [2.45, 2.75) is 20.8 Å². The second-order valence-corrected chi connectivity index (χ2v) is 6.29. The molecule has 0 aromatic heterocycles. The lowest BCUT2D eigenvalue weighted by atomic mass is 10.1. The summed E-state index contributed by atoms with van der Waals surface area (Å²) in [4.78, 5) is 25.9. The molecule has 0 aliphatic rings. The van der Waals surface area contributed by atoms with E-state index in [2.05, 4.69) is 5.32 Å². The number of hydrogen-bond acceptors (Lipinski definition) is 3. The van der Waals surface area contributed by atoms with Gasteiger partial charge in [0.15, 0.2) is 0 Å². The van der Waals surface area contributed by atoms with Crippen molar-refractivity contribution in [3.8, 4) is 5.75 Å². The summed E-state index contributed by atoms with van der Waals surface area (Å²) in [5.74, 6) is 0.236. The molecule has 0 heterocycles. The highest BCUT2D eigenvalue weighted by Gasteiger charge is 2.12. The molecule has 2 aromatic rings. The van der Waals surface area contributed by atoms with Crippen LogP contribution in [0.4, 0.5) is 5.69 Å². The van der Waals surface area contributed by atoms with Crippen LogP contribution in [0.3, 0.4) is 0 Å². The van der Waals surface area contributed by atoms with Gasteiger partial charge in [0.2, 0.25) is 11.8 Å². The van der Waals surface area contributed by atoms with E-state index in [1.165, 1.54) is 11.0 Å². The molecule has 0 radical (unpaired) electrons. The first-order valence-corrected chi connectivity index (χ1v) is 8.93. The lowest BCUT2D eigenvalue weighted by molar-refractivity contribution is -0.129. The van der Waals surface area contributed by atoms with Crippen LogP contribution >= 0.6 is 0 Å². The minimum Gasteiger partial charge on any atom is -0.493 e. The number of anilines is 1. The van der Waals surface area contributed by atoms with Gasteiger partial charge in [-0.2, -0.15) is 0 Å². The number of carbonyl (C=O) groups excluding carboxylic acids is 2. The lowest BCUT2D eigenvalue weighted by Crippen LogP contribution is -2.34. The second kappa shape index (κ2) is 9.57. The fraction of sp³-hybridized carbons (Fsp3) is 0.273. The first-order chi connectivity index (χ1) is 12.9. The van der Waals surface area contributed by atoms with Crippen molar-refractivity contribution in [3.05, 3.63) is 65.2 Å². The van der Waals surface area contributed by atoms with Gasteiger partial charge >= 0.3 is 0 Å². The predicted octanol–water partition coefficient (Wildman–Crippen LogP) is 3.81. The Labute approximate surface area is 160 Å². The number of benzene rings is 2. The summed E-state index contributed by atoms with van der Waals surface area (Å²) >= 11 is 0. The average Bonchev–Trinajstić information content (AvgIpc) is 2.64. The molecule has 0 saturated heterocycles. The fourth-order valence-electron chi connectivity index (χ4n) is 2.56. The Kier molecular flexibility index (Phi) is 7.17. The molecule has 0 aliphatic carbocycles. The quantitative estimate of drug-likeness (QED) is 0.758. The molecule has 0 spiro atoms. The van der Waals surface area contributed by atoms with E-state index in [-0.39, 0.29) is 18.4 Å². The molecule has 142 valence electrons. The van der Waals surface area contributed by atoms with Crippen LogP contribution in [-0.4, -0.2) is 36.9 Å². The minimum absolute atomic E-state index is 0.0241. The number of carbonyl (C=O) groups is 2. The lowest BCUT2D eigenvalue weighted by Gasteiger charge is -2.16. The number of hydrogen-bond donors (Lipinski definition) is 1. The zero-order valence-electron chi connectivity index (χ0n) is 16.3. The van der Waals surface area contributed by atoms with Crippen LogP contribution in [0.25, 0.3) is 6.08 Å². The number of nitrogens with one attached hydrogen (secondary N) is 1. The maximum atomic E-state index is 12.3. The van der Waals surface area contributed by atoms with Crippen molar-refractivity contribution in [2.75, 3.05) is 25.5 Å². The third-order valence-corrected chi connectivity index (χ3v) is 4.26. The van der Waals surface area contributed by atoms with E-state index in [1.54, 1.807) is 13.1 Å². The first-order valence-electron chi connectivity index (χ1n) is 8.93. The molecule has 0 unspecified atom stereocenters. The van der Waals surface area contributed by atoms with Crippen molar-refractivity contribution in [1.82, 2.24) is 4.90 Å². The van der Waals surface area contributed by atoms with Gasteiger partial charge < -0.3 is 15.0 Å². The third-order valence-electron chi connectivity index (χ3n) is 4.26. The van der Waals surface area contributed by atoms with E-state index in [4.69, 9.17) is 4.74 Å². The van der Waals surface area contributed by atoms with Gasteiger partial charge in [0, 0.05) is 24.4 Å². The van der Waals surface area contributed by atoms with E-state index in [0.717, 1.165) is 28.1 Å². The SMILES string of the molecule is CCOc1ccccc1/C=C\C(=O)N(C)CC(=O)Nc1cccc(C)c1C. The maximum Gasteiger partial charge on any atom is 0.246 e. The molecule has 5 heteroatoms. The summed E-state index contributed by atoms with van der Waals surface area (Å²) in [5, 5.41) is 2.86. The Morgan fingerprint density at radius 2 is 1.85 bits per heavy atom. The Hall–Kier alpha value is -3.08. The molecule has 5 nitrogen and oxygen atoms in total. The molecule has 27 heavy (non-hydrogen) atoms. The topological polar surface area (TPSA) is 58.6 Å². The van der Waals surface area contributed by atoms with Gasteiger partial charge in [0.25, 0.3) is 0 Å². The van der Waals surface area contributed by atoms with Crippen molar-refractivity contribution < 1.29 is 14.3 Å². The van der Waals surface area contributed by atoms with Crippen LogP contribution in [-0.2, 0) is 9.59 Å². The van der Waals surface area contributed by atoms with E-state index in [9.17, 15) is 9.59 Å². The number of ether oxygens (including phenoxy) is 1. The Morgan fingerprint density at radius 1 is 1.11 bits per heavy atom. The molecule has 2 aromatic carbocycles. The number of para-hydroxylation sites is 1. The van der Waals surface area contributed by atoms with Gasteiger partial charge in [-0.05, 0) is 50.1 Å². The Morgan fingerprint density at radius 3 is 2.59 bits per heavy atom. The van der Waals surface area contributed by atoms with E-state index < -0.39 is 0 Å². The second-order valence-electron chi connectivity index (χ2n) is 6.29. The van der Waals surface area contributed by atoms with Gasteiger partial charge in [0.05, 0.1) is 13.2 Å². The molecular weight excluding hydrogens is 340 g/mol. The average molecular weight is 366 g/mol. The molecule has 0 fully saturated rings. The maximum absolute atomic E-state index is 12.3. The van der Waals surface area contributed by atoms with Crippen LogP contribution in [0.15, 0.2) is 48.5 Å². The summed E-state index contributed by atoms with van der Waals surface area (Å²) in [5.41, 5.74) is 3.71. The number of aryl methyl sites for hydroxylation is 1. The largest absolute Gasteiger partial charge is 0.493 e. The predicted molar refractivity (Wildman–Crippen MR) is 109 cm³/mol. The zero-order valence-corrected chi connectivity index (χ0v) is 16.3. The highest BCUT2D eigenvalue weighted by molar-refractivity contribution is 5.98. The standard InChI is InChI=1S/C22H26N2O3/c1-5-27-20-12-7-6-10-18(20)13-14-22(26)24(4)15-21(25)23-19-11-8-9-16(2)17(19)3/h6-14H,5,15H2,1-4H3,(H,23,25)/b14-13-. The first kappa shape index (κ1) is 20.2. The van der Waals surface area contributed by atoms with Crippen LogP contribution in [0.5, 0.6) is 5.75 Å². The Bertz CT molecular complexity index is 843. The summed E-state index contributed by atoms with van der Waals surface area (Å²) in [6.45, 7) is 6.39. The molecule has 0 saturated carbocycles. The summed E-state index contributed by atoms with van der Waals surface area (Å²) in [7, 11) is 1.60. The van der Waals surface area contributed by atoms with E-state index in [0.29, 0.717) is 6.61 Å². The molecule has 2 amide bonds. The summed E-state index contributed by atoms with van der Waals surface area (Å²) in [6.07, 6.45) is 3.15. The highest BCUT2D eigenvalue weighted by Crippen LogP contribution is 2.20. The van der Waals surface area contributed by atoms with Crippen LogP contribution in [0, 0.1) is 13.8 Å². The number of likely N-dealkylation sites (N-methyl/N-ethyl adjacent to an activating group) is 1. The third kappa shape index (κ3) is 5.71.